The summed E-state index contributed by atoms with van der Waals surface area (Å²) in [7, 11) is -15.9. The van der Waals surface area contributed by atoms with Crippen molar-refractivity contribution in [3.63, 3.8) is 0 Å². The average molecular weight is 476 g/mol. The molecule has 11 nitrogen and oxygen atoms in total. The Hall–Kier alpha value is -0.720. The third-order valence-corrected chi connectivity index (χ3v) is 7.35. The van der Waals surface area contributed by atoms with Gasteiger partial charge in [0.1, 0.15) is 13.4 Å². The largest absolute Gasteiger partial charge is 0.343 e. The number of halogens is 1. The smallest absolute Gasteiger partial charge is 0.282 e. The Labute approximate surface area is 125 Å². The molecule has 0 aliphatic heterocycles. The summed E-state index contributed by atoms with van der Waals surface area (Å²) in [5, 5.41) is 0. The molecular formula is C6H5IO11S3. The second-order valence-corrected chi connectivity index (χ2v) is 9.90. The SMILES string of the molecule is O=I(=O)c1c(S(=O)(=O)O)cc(S(=O)(=O)O)cc1S(=O)(=O)O. The summed E-state index contributed by atoms with van der Waals surface area (Å²) >= 11 is -4.92. The van der Waals surface area contributed by atoms with Crippen molar-refractivity contribution in [3.8, 4) is 0 Å². The fourth-order valence-corrected chi connectivity index (χ4v) is 6.89. The predicted molar refractivity (Wildman–Crippen MR) is 70.0 cm³/mol. The molecule has 0 aliphatic carbocycles. The van der Waals surface area contributed by atoms with Crippen LogP contribution < -0.4 is 0 Å². The topological polar surface area (TPSA) is 197 Å². The Morgan fingerprint density at radius 1 is 0.714 bits per heavy atom. The summed E-state index contributed by atoms with van der Waals surface area (Å²) in [6, 6.07) is 0.101. The summed E-state index contributed by atoms with van der Waals surface area (Å²) in [6.07, 6.45) is 0. The normalized spacial score (nSPS) is 13.5. The van der Waals surface area contributed by atoms with Gasteiger partial charge in [-0.25, -0.2) is 6.14 Å². The average Bonchev–Trinajstić information content (AvgIpc) is 2.23. The minimum atomic E-state index is -5.36. The number of benzene rings is 1. The minimum absolute atomic E-state index is 0.0506. The van der Waals surface area contributed by atoms with Crippen LogP contribution in [0.25, 0.3) is 0 Å². The third-order valence-electron chi connectivity index (χ3n) is 1.99. The van der Waals surface area contributed by atoms with E-state index in [9.17, 15) is 31.4 Å². The molecule has 0 heterocycles. The van der Waals surface area contributed by atoms with Crippen molar-refractivity contribution < 1.29 is 45.0 Å². The second kappa shape index (κ2) is 5.48. The summed E-state index contributed by atoms with van der Waals surface area (Å²) in [6.45, 7) is 0. The van der Waals surface area contributed by atoms with Crippen LogP contribution in [0.1, 0.15) is 0 Å². The van der Waals surface area contributed by atoms with Crippen molar-refractivity contribution in [2.45, 2.75) is 14.7 Å². The minimum Gasteiger partial charge on any atom is -0.282 e. The van der Waals surface area contributed by atoms with E-state index >= 15 is 0 Å². The lowest BCUT2D eigenvalue weighted by atomic mass is 10.4. The van der Waals surface area contributed by atoms with Crippen molar-refractivity contribution in [1.29, 1.82) is 0 Å². The molecule has 0 fully saturated rings. The molecule has 1 aromatic carbocycles. The Balaban J connectivity index is 4.24. The molecule has 15 heteroatoms. The van der Waals surface area contributed by atoms with E-state index in [1.807, 2.05) is 0 Å². The Kier molecular flexibility index (Phi) is 4.79. The van der Waals surface area contributed by atoms with E-state index in [1.54, 1.807) is 0 Å². The zero-order chi connectivity index (χ0) is 16.8. The first-order valence-electron chi connectivity index (χ1n) is 4.31. The zero-order valence-corrected chi connectivity index (χ0v) is 14.0. The molecule has 1 aromatic rings. The van der Waals surface area contributed by atoms with E-state index in [-0.39, 0.29) is 12.1 Å². The maximum absolute atomic E-state index is 11.1. The van der Waals surface area contributed by atoms with Crippen molar-refractivity contribution in [1.82, 2.24) is 0 Å². The van der Waals surface area contributed by atoms with Gasteiger partial charge in [-0.1, -0.05) is 0 Å². The lowest BCUT2D eigenvalue weighted by molar-refractivity contribution is 0.476. The summed E-state index contributed by atoms with van der Waals surface area (Å²) in [5.41, 5.74) is 0. The molecule has 0 aliphatic rings. The number of hydrogen-bond acceptors (Lipinski definition) is 8. The van der Waals surface area contributed by atoms with Gasteiger partial charge in [0, 0.05) is 0 Å². The predicted octanol–water partition coefficient (Wildman–Crippen LogP) is -0.206. The highest BCUT2D eigenvalue weighted by atomic mass is 127. The second-order valence-electron chi connectivity index (χ2n) is 3.38. The molecule has 3 N–H and O–H groups in total. The molecule has 0 aromatic heterocycles. The van der Waals surface area contributed by atoms with E-state index in [2.05, 4.69) is 0 Å². The van der Waals surface area contributed by atoms with Gasteiger partial charge in [0.25, 0.3) is 30.4 Å². The molecular weight excluding hydrogens is 471 g/mol. The lowest BCUT2D eigenvalue weighted by Gasteiger charge is -2.07. The maximum atomic E-state index is 11.1. The lowest BCUT2D eigenvalue weighted by Crippen LogP contribution is -2.11. The third kappa shape index (κ3) is 4.14. The van der Waals surface area contributed by atoms with Gasteiger partial charge in [-0.3, -0.25) is 13.7 Å². The van der Waals surface area contributed by atoms with Crippen molar-refractivity contribution in [2.24, 2.45) is 0 Å². The van der Waals surface area contributed by atoms with E-state index in [0.29, 0.717) is 0 Å². The van der Waals surface area contributed by atoms with Crippen LogP contribution in [-0.2, 0) is 36.5 Å². The number of rotatable bonds is 4. The fraction of sp³-hybridized carbons (Fsp3) is 0. The van der Waals surface area contributed by atoms with Crippen molar-refractivity contribution in [2.75, 3.05) is 0 Å². The molecule has 0 radical (unpaired) electrons. The molecule has 0 unspecified atom stereocenters. The Morgan fingerprint density at radius 3 is 1.24 bits per heavy atom. The molecule has 0 amide bonds. The maximum Gasteiger partial charge on any atom is 0.343 e. The molecule has 1 rings (SSSR count). The molecule has 0 saturated heterocycles. The highest BCUT2D eigenvalue weighted by molar-refractivity contribution is 14.2. The van der Waals surface area contributed by atoms with Crippen LogP contribution >= 0.6 is 19.8 Å². The van der Waals surface area contributed by atoms with Crippen LogP contribution in [0.3, 0.4) is 0 Å². The van der Waals surface area contributed by atoms with Gasteiger partial charge in [-0.15, -0.1) is 0 Å². The highest BCUT2D eigenvalue weighted by Crippen LogP contribution is 2.34. The molecule has 120 valence electrons. The first-order valence-corrected chi connectivity index (χ1v) is 11.5. The first-order chi connectivity index (χ1) is 9.15. The van der Waals surface area contributed by atoms with Gasteiger partial charge >= 0.3 is 19.8 Å². The summed E-state index contributed by atoms with van der Waals surface area (Å²) < 4.78 is 113. The van der Waals surface area contributed by atoms with Crippen LogP contribution in [0.5, 0.6) is 0 Å². The molecule has 0 saturated carbocycles. The van der Waals surface area contributed by atoms with Crippen LogP contribution in [0.15, 0.2) is 26.8 Å². The monoisotopic (exact) mass is 476 g/mol. The standard InChI is InChI=1S/C6H5IO11S3/c8-7(9)6-4(20(13,14)15)1-3(19(10,11)12)2-5(6)21(16,17)18/h1-2H,(H,10,11,12)(H,13,14,15)(H,16,17,18). The van der Waals surface area contributed by atoms with Crippen LogP contribution in [0.4, 0.5) is 0 Å². The van der Waals surface area contributed by atoms with Gasteiger partial charge in [0.15, 0.2) is 0 Å². The summed E-state index contributed by atoms with van der Waals surface area (Å²) in [4.78, 5) is -4.51. The van der Waals surface area contributed by atoms with E-state index < -0.39 is 68.4 Å². The van der Waals surface area contributed by atoms with Crippen LogP contribution in [-0.4, -0.2) is 38.9 Å². The molecule has 0 spiro atoms. The molecule has 0 bridgehead atoms. The van der Waals surface area contributed by atoms with Crippen molar-refractivity contribution in [3.05, 3.63) is 15.7 Å². The molecule has 21 heavy (non-hydrogen) atoms. The van der Waals surface area contributed by atoms with E-state index in [1.165, 1.54) is 0 Å². The fourth-order valence-electron chi connectivity index (χ4n) is 1.22. The quantitative estimate of drug-likeness (QED) is 0.384. The Bertz CT molecular complexity index is 919. The van der Waals surface area contributed by atoms with Crippen LogP contribution in [0.2, 0.25) is 0 Å². The van der Waals surface area contributed by atoms with E-state index in [0.717, 1.165) is 0 Å². The van der Waals surface area contributed by atoms with Gasteiger partial charge in [-0.2, -0.15) is 25.3 Å². The van der Waals surface area contributed by atoms with E-state index in [4.69, 9.17) is 13.7 Å². The van der Waals surface area contributed by atoms with Gasteiger partial charge < -0.3 is 0 Å². The number of hydrogen-bond donors (Lipinski definition) is 3. The van der Waals surface area contributed by atoms with Gasteiger partial charge in [0.05, 0.1) is 4.90 Å². The highest BCUT2D eigenvalue weighted by Gasteiger charge is 2.31. The van der Waals surface area contributed by atoms with Crippen molar-refractivity contribution >= 4 is 50.1 Å². The first kappa shape index (κ1) is 18.3. The Morgan fingerprint density at radius 2 is 1.05 bits per heavy atom. The van der Waals surface area contributed by atoms with Gasteiger partial charge in [-0.05, 0) is 12.1 Å². The van der Waals surface area contributed by atoms with Gasteiger partial charge in [0.2, 0.25) is 0 Å². The zero-order valence-electron chi connectivity index (χ0n) is 9.37. The summed E-state index contributed by atoms with van der Waals surface area (Å²) in [5.74, 6) is 0. The molecule has 0 atom stereocenters. The van der Waals surface area contributed by atoms with Crippen LogP contribution in [0, 0.1) is 3.57 Å².